The summed E-state index contributed by atoms with van der Waals surface area (Å²) in [5.74, 6) is 1.79. The largest absolute Gasteiger partial charge is 0.342 e. The lowest BCUT2D eigenvalue weighted by Crippen LogP contribution is -2.43. The molecule has 30 heavy (non-hydrogen) atoms. The molecular weight excluding hydrogens is 372 g/mol. The Hall–Kier alpha value is -2.27. The number of amides is 1. The molecule has 3 atom stereocenters. The van der Waals surface area contributed by atoms with Gasteiger partial charge in [0.05, 0.1) is 5.52 Å². The average molecular weight is 405 g/mol. The third-order valence-electron chi connectivity index (χ3n) is 7.21. The molecule has 5 rings (SSSR count). The van der Waals surface area contributed by atoms with Crippen molar-refractivity contribution in [2.24, 2.45) is 16.8 Å². The van der Waals surface area contributed by atoms with E-state index >= 15 is 0 Å². The summed E-state index contributed by atoms with van der Waals surface area (Å²) in [6.45, 7) is 6.25. The minimum Gasteiger partial charge on any atom is -0.342 e. The summed E-state index contributed by atoms with van der Waals surface area (Å²) >= 11 is 0. The predicted octanol–water partition coefficient (Wildman–Crippen LogP) is 4.04. The fourth-order valence-electron chi connectivity index (χ4n) is 5.44. The van der Waals surface area contributed by atoms with Crippen molar-refractivity contribution < 1.29 is 4.79 Å². The lowest BCUT2D eigenvalue weighted by Gasteiger charge is -2.38. The lowest BCUT2D eigenvalue weighted by molar-refractivity contribution is -0.134. The Morgan fingerprint density at radius 2 is 1.90 bits per heavy atom. The molecule has 0 aliphatic carbocycles. The van der Waals surface area contributed by atoms with Crippen LogP contribution in [0, 0.1) is 11.8 Å². The van der Waals surface area contributed by atoms with Crippen LogP contribution in [-0.4, -0.2) is 60.1 Å². The maximum Gasteiger partial charge on any atom is 0.222 e. The van der Waals surface area contributed by atoms with Crippen molar-refractivity contribution in [3.63, 3.8) is 0 Å². The van der Waals surface area contributed by atoms with Gasteiger partial charge in [0.2, 0.25) is 5.91 Å². The topological polar surface area (TPSA) is 48.8 Å². The number of carbonyl (C=O) groups excluding carboxylic acids is 1. The highest BCUT2D eigenvalue weighted by molar-refractivity contribution is 5.92. The summed E-state index contributed by atoms with van der Waals surface area (Å²) in [5, 5.41) is 1.23. The molecule has 0 radical (unpaired) electrons. The van der Waals surface area contributed by atoms with Gasteiger partial charge in [-0.2, -0.15) is 0 Å². The molecule has 1 aromatic heterocycles. The molecule has 3 aliphatic rings. The fraction of sp³-hybridized carbons (Fsp3) is 0.560. The standard InChI is InChI=1S/C25H32N4O/c1-17-12-19(16-29(15-17)24(30)13-18-7-10-28(2)11-8-18)20-5-6-22(23-14-27-23)25-21(20)4-3-9-26-25/h3-6,9,14,17-19,23H,7-8,10-13,15-16H2,1-2H3/t17-,19+,23?/m0/s1. The van der Waals surface area contributed by atoms with Crippen LogP contribution in [0.1, 0.15) is 55.7 Å². The molecule has 0 N–H and O–H groups in total. The Bertz CT molecular complexity index is 957. The number of piperidine rings is 2. The van der Waals surface area contributed by atoms with Gasteiger partial charge in [-0.05, 0) is 62.9 Å². The van der Waals surface area contributed by atoms with Crippen molar-refractivity contribution in [1.29, 1.82) is 0 Å². The van der Waals surface area contributed by atoms with E-state index in [1.807, 2.05) is 18.5 Å². The maximum absolute atomic E-state index is 13.2. The van der Waals surface area contributed by atoms with Crippen molar-refractivity contribution in [3.05, 3.63) is 41.6 Å². The van der Waals surface area contributed by atoms with Gasteiger partial charge in [0, 0.05) is 48.8 Å². The second-order valence-corrected chi connectivity index (χ2v) is 9.67. The van der Waals surface area contributed by atoms with E-state index in [-0.39, 0.29) is 6.04 Å². The summed E-state index contributed by atoms with van der Waals surface area (Å²) in [4.78, 5) is 26.7. The van der Waals surface area contributed by atoms with Gasteiger partial charge in [-0.15, -0.1) is 0 Å². The second kappa shape index (κ2) is 8.10. The van der Waals surface area contributed by atoms with Crippen LogP contribution in [0.5, 0.6) is 0 Å². The molecule has 5 heteroatoms. The number of pyridine rings is 1. The Labute approximate surface area is 179 Å². The zero-order chi connectivity index (χ0) is 20.7. The van der Waals surface area contributed by atoms with Gasteiger partial charge in [0.1, 0.15) is 6.04 Å². The van der Waals surface area contributed by atoms with E-state index in [1.165, 1.54) is 16.5 Å². The van der Waals surface area contributed by atoms with Crippen LogP contribution >= 0.6 is 0 Å². The third kappa shape index (κ3) is 4.00. The molecule has 3 aliphatic heterocycles. The SMILES string of the molecule is C[C@H]1C[C@@H](c2ccc(C3C=N3)c3ncccc23)CN(C(=O)CC2CCN(C)CC2)C1. The van der Waals surface area contributed by atoms with Crippen LogP contribution in [-0.2, 0) is 4.79 Å². The van der Waals surface area contributed by atoms with Gasteiger partial charge in [0.15, 0.2) is 0 Å². The van der Waals surface area contributed by atoms with Gasteiger partial charge in [0.25, 0.3) is 0 Å². The molecule has 2 aromatic rings. The van der Waals surface area contributed by atoms with E-state index in [2.05, 4.69) is 47.0 Å². The first-order chi connectivity index (χ1) is 14.6. The summed E-state index contributed by atoms with van der Waals surface area (Å²) in [5.41, 5.74) is 3.61. The summed E-state index contributed by atoms with van der Waals surface area (Å²) in [6, 6.07) is 8.89. The molecule has 158 valence electrons. The lowest BCUT2D eigenvalue weighted by atomic mass is 9.82. The number of hydrogen-bond donors (Lipinski definition) is 0. The minimum absolute atomic E-state index is 0.203. The molecule has 5 nitrogen and oxygen atoms in total. The average Bonchev–Trinajstić information content (AvgIpc) is 3.59. The summed E-state index contributed by atoms with van der Waals surface area (Å²) in [6.07, 6.45) is 8.00. The number of benzene rings is 1. The second-order valence-electron chi connectivity index (χ2n) is 9.67. The molecular formula is C25H32N4O. The molecule has 1 unspecified atom stereocenters. The Morgan fingerprint density at radius 1 is 1.13 bits per heavy atom. The maximum atomic E-state index is 13.2. The van der Waals surface area contributed by atoms with E-state index in [9.17, 15) is 4.79 Å². The monoisotopic (exact) mass is 404 g/mol. The number of likely N-dealkylation sites (tertiary alicyclic amines) is 2. The Morgan fingerprint density at radius 3 is 2.67 bits per heavy atom. The molecule has 2 fully saturated rings. The van der Waals surface area contributed by atoms with E-state index < -0.39 is 0 Å². The Balaban J connectivity index is 1.35. The van der Waals surface area contributed by atoms with E-state index in [0.29, 0.717) is 30.1 Å². The molecule has 0 bridgehead atoms. The van der Waals surface area contributed by atoms with Gasteiger partial charge < -0.3 is 9.80 Å². The molecule has 1 aromatic carbocycles. The first-order valence-corrected chi connectivity index (χ1v) is 11.5. The molecule has 1 amide bonds. The number of rotatable bonds is 4. The van der Waals surface area contributed by atoms with Crippen molar-refractivity contribution in [3.8, 4) is 0 Å². The van der Waals surface area contributed by atoms with Crippen LogP contribution in [0.25, 0.3) is 10.9 Å². The molecule has 0 spiro atoms. The first kappa shape index (κ1) is 19.7. The van der Waals surface area contributed by atoms with Crippen LogP contribution in [0.2, 0.25) is 0 Å². The number of nitrogens with zero attached hydrogens (tertiary/aromatic N) is 4. The van der Waals surface area contributed by atoms with Gasteiger partial charge >= 0.3 is 0 Å². The fourth-order valence-corrected chi connectivity index (χ4v) is 5.44. The van der Waals surface area contributed by atoms with Crippen LogP contribution < -0.4 is 0 Å². The highest BCUT2D eigenvalue weighted by Gasteiger charge is 2.32. The molecule has 2 saturated heterocycles. The van der Waals surface area contributed by atoms with E-state index in [4.69, 9.17) is 4.98 Å². The van der Waals surface area contributed by atoms with Gasteiger partial charge in [-0.1, -0.05) is 25.1 Å². The smallest absolute Gasteiger partial charge is 0.222 e. The third-order valence-corrected chi connectivity index (χ3v) is 7.21. The van der Waals surface area contributed by atoms with Crippen molar-refractivity contribution >= 4 is 23.0 Å². The number of fused-ring (bicyclic) bond motifs is 1. The molecule has 4 heterocycles. The number of hydrogen-bond acceptors (Lipinski definition) is 4. The van der Waals surface area contributed by atoms with Gasteiger partial charge in [-0.25, -0.2) is 0 Å². The quantitative estimate of drug-likeness (QED) is 0.773. The zero-order valence-corrected chi connectivity index (χ0v) is 18.1. The minimum atomic E-state index is 0.203. The van der Waals surface area contributed by atoms with Crippen molar-refractivity contribution in [1.82, 2.24) is 14.8 Å². The van der Waals surface area contributed by atoms with Crippen LogP contribution in [0.4, 0.5) is 0 Å². The number of aliphatic imine (C=N–C) groups is 1. The first-order valence-electron chi connectivity index (χ1n) is 11.5. The number of aromatic nitrogens is 1. The van der Waals surface area contributed by atoms with E-state index in [1.54, 1.807) is 0 Å². The zero-order valence-electron chi connectivity index (χ0n) is 18.1. The summed E-state index contributed by atoms with van der Waals surface area (Å²) in [7, 11) is 2.18. The highest BCUT2D eigenvalue weighted by Crippen LogP contribution is 2.38. The van der Waals surface area contributed by atoms with Gasteiger partial charge in [-0.3, -0.25) is 14.8 Å². The van der Waals surface area contributed by atoms with Crippen LogP contribution in [0.15, 0.2) is 35.5 Å². The normalized spacial score (nSPS) is 27.5. The van der Waals surface area contributed by atoms with Crippen molar-refractivity contribution in [2.45, 2.75) is 44.6 Å². The number of carbonyl (C=O) groups is 1. The Kier molecular flexibility index (Phi) is 5.32. The van der Waals surface area contributed by atoms with Crippen LogP contribution in [0.3, 0.4) is 0 Å². The van der Waals surface area contributed by atoms with Crippen molar-refractivity contribution in [2.75, 3.05) is 33.2 Å². The van der Waals surface area contributed by atoms with E-state index in [0.717, 1.165) is 51.0 Å². The molecule has 0 saturated carbocycles. The highest BCUT2D eigenvalue weighted by atomic mass is 16.2. The predicted molar refractivity (Wildman–Crippen MR) is 121 cm³/mol. The summed E-state index contributed by atoms with van der Waals surface area (Å²) < 4.78 is 0.